The van der Waals surface area contributed by atoms with Crippen molar-refractivity contribution >= 4 is 11.4 Å². The van der Waals surface area contributed by atoms with Crippen LogP contribution >= 0.6 is 0 Å². The molecule has 2 N–H and O–H groups in total. The van der Waals surface area contributed by atoms with Gasteiger partial charge < -0.3 is 20.1 Å². The van der Waals surface area contributed by atoms with Crippen LogP contribution in [0.2, 0.25) is 0 Å². The Morgan fingerprint density at radius 2 is 1.64 bits per heavy atom. The van der Waals surface area contributed by atoms with E-state index in [0.717, 1.165) is 36.4 Å². The third kappa shape index (κ3) is 3.85. The van der Waals surface area contributed by atoms with Gasteiger partial charge in [0, 0.05) is 31.0 Å². The van der Waals surface area contributed by atoms with Crippen LogP contribution in [0.3, 0.4) is 0 Å². The van der Waals surface area contributed by atoms with Crippen molar-refractivity contribution in [3.8, 4) is 11.5 Å². The molecule has 4 nitrogen and oxygen atoms in total. The molecule has 2 aromatic rings. The van der Waals surface area contributed by atoms with Gasteiger partial charge in [-0.25, -0.2) is 0 Å². The molecule has 0 aliphatic rings. The fourth-order valence-electron chi connectivity index (χ4n) is 2.47. The molecule has 0 atom stereocenters. The lowest BCUT2D eigenvalue weighted by Gasteiger charge is -2.19. The molecule has 0 aliphatic carbocycles. The summed E-state index contributed by atoms with van der Waals surface area (Å²) in [5.41, 5.74) is 9.17. The molecule has 2 aromatic carbocycles. The van der Waals surface area contributed by atoms with Crippen molar-refractivity contribution in [1.29, 1.82) is 0 Å². The number of anilines is 2. The van der Waals surface area contributed by atoms with Gasteiger partial charge in [0.25, 0.3) is 0 Å². The molecule has 22 heavy (non-hydrogen) atoms. The monoisotopic (exact) mass is 300 g/mol. The van der Waals surface area contributed by atoms with E-state index >= 15 is 0 Å². The van der Waals surface area contributed by atoms with Gasteiger partial charge in [0.2, 0.25) is 0 Å². The zero-order valence-corrected chi connectivity index (χ0v) is 13.5. The summed E-state index contributed by atoms with van der Waals surface area (Å²) in [7, 11) is 5.36. The molecule has 0 amide bonds. The number of nitrogen functional groups attached to an aromatic ring is 1. The quantitative estimate of drug-likeness (QED) is 0.797. The molecule has 2 rings (SSSR count). The minimum Gasteiger partial charge on any atom is -0.493 e. The summed E-state index contributed by atoms with van der Waals surface area (Å²) >= 11 is 0. The van der Waals surface area contributed by atoms with Crippen LogP contribution in [-0.4, -0.2) is 27.8 Å². The van der Waals surface area contributed by atoms with Crippen LogP contribution in [0.1, 0.15) is 12.0 Å². The molecule has 0 bridgehead atoms. The molecule has 4 heteroatoms. The van der Waals surface area contributed by atoms with E-state index in [0.29, 0.717) is 5.75 Å². The number of ether oxygens (including phenoxy) is 2. The minimum atomic E-state index is 0.671. The van der Waals surface area contributed by atoms with Crippen molar-refractivity contribution in [3.63, 3.8) is 0 Å². The molecular weight excluding hydrogens is 276 g/mol. The predicted octanol–water partition coefficient (Wildman–Crippen LogP) is 3.36. The Hall–Kier alpha value is -2.36. The Labute approximate surface area is 132 Å². The molecule has 0 saturated heterocycles. The van der Waals surface area contributed by atoms with E-state index in [9.17, 15) is 0 Å². The molecular formula is C18H24N2O2. The van der Waals surface area contributed by atoms with Gasteiger partial charge in [0.15, 0.2) is 11.5 Å². The zero-order valence-electron chi connectivity index (χ0n) is 13.5. The highest BCUT2D eigenvalue weighted by atomic mass is 16.5. The van der Waals surface area contributed by atoms with Crippen molar-refractivity contribution in [2.75, 3.05) is 38.4 Å². The Morgan fingerprint density at radius 1 is 1.00 bits per heavy atom. The van der Waals surface area contributed by atoms with E-state index in [4.69, 9.17) is 15.2 Å². The highest BCUT2D eigenvalue weighted by molar-refractivity contribution is 5.58. The number of benzene rings is 2. The molecule has 0 heterocycles. The maximum Gasteiger partial charge on any atom is 0.162 e. The Bertz CT molecular complexity index is 600. The number of nitrogens with two attached hydrogens (primary N) is 1. The van der Waals surface area contributed by atoms with Gasteiger partial charge in [-0.05, 0) is 36.6 Å². The first-order chi connectivity index (χ1) is 10.7. The number of aryl methyl sites for hydroxylation is 1. The minimum absolute atomic E-state index is 0.671. The maximum atomic E-state index is 6.10. The van der Waals surface area contributed by atoms with Crippen LogP contribution < -0.4 is 20.1 Å². The molecule has 0 fully saturated rings. The fraction of sp³-hybridized carbons (Fsp3) is 0.333. The molecule has 0 radical (unpaired) electrons. The molecule has 0 unspecified atom stereocenters. The Kier molecular flexibility index (Phi) is 5.53. The zero-order chi connectivity index (χ0) is 15.9. The third-order valence-corrected chi connectivity index (χ3v) is 3.78. The highest BCUT2D eigenvalue weighted by Gasteiger charge is 2.09. The number of rotatable bonds is 7. The SMILES string of the molecule is COc1cc(N)c(CCCN(C)c2ccccc2)cc1OC. The first-order valence-corrected chi connectivity index (χ1v) is 7.42. The fourth-order valence-corrected chi connectivity index (χ4v) is 2.47. The third-order valence-electron chi connectivity index (χ3n) is 3.78. The van der Waals surface area contributed by atoms with Gasteiger partial charge in [0.05, 0.1) is 14.2 Å². The van der Waals surface area contributed by atoms with Gasteiger partial charge in [-0.3, -0.25) is 0 Å². The van der Waals surface area contributed by atoms with E-state index in [2.05, 4.69) is 36.2 Å². The average molecular weight is 300 g/mol. The Morgan fingerprint density at radius 3 is 2.27 bits per heavy atom. The molecule has 0 saturated carbocycles. The van der Waals surface area contributed by atoms with Gasteiger partial charge in [-0.2, -0.15) is 0 Å². The second kappa shape index (κ2) is 7.59. The topological polar surface area (TPSA) is 47.7 Å². The standard InChI is InChI=1S/C18H24N2O2/c1-20(15-9-5-4-6-10-15)11-7-8-14-12-17(21-2)18(22-3)13-16(14)19/h4-6,9-10,12-13H,7-8,11,19H2,1-3H3. The normalized spacial score (nSPS) is 10.3. The summed E-state index contributed by atoms with van der Waals surface area (Å²) in [6.45, 7) is 0.970. The summed E-state index contributed by atoms with van der Waals surface area (Å²) in [5, 5.41) is 0. The van der Waals surface area contributed by atoms with Crippen molar-refractivity contribution in [3.05, 3.63) is 48.0 Å². The van der Waals surface area contributed by atoms with Gasteiger partial charge in [-0.15, -0.1) is 0 Å². The van der Waals surface area contributed by atoms with Crippen LogP contribution in [0.5, 0.6) is 11.5 Å². The summed E-state index contributed by atoms with van der Waals surface area (Å²) in [6.07, 6.45) is 1.93. The van der Waals surface area contributed by atoms with E-state index in [1.807, 2.05) is 18.2 Å². The van der Waals surface area contributed by atoms with Gasteiger partial charge >= 0.3 is 0 Å². The van der Waals surface area contributed by atoms with Crippen LogP contribution in [0.15, 0.2) is 42.5 Å². The van der Waals surface area contributed by atoms with E-state index in [1.54, 1.807) is 14.2 Å². The van der Waals surface area contributed by atoms with Crippen molar-refractivity contribution in [1.82, 2.24) is 0 Å². The number of hydrogen-bond acceptors (Lipinski definition) is 4. The first-order valence-electron chi connectivity index (χ1n) is 7.42. The number of nitrogens with zero attached hydrogens (tertiary/aromatic N) is 1. The van der Waals surface area contributed by atoms with E-state index in [1.165, 1.54) is 5.69 Å². The van der Waals surface area contributed by atoms with Crippen molar-refractivity contribution in [2.45, 2.75) is 12.8 Å². The lowest BCUT2D eigenvalue weighted by atomic mass is 10.1. The molecule has 0 spiro atoms. The summed E-state index contributed by atoms with van der Waals surface area (Å²) < 4.78 is 10.6. The van der Waals surface area contributed by atoms with Crippen LogP contribution in [0.25, 0.3) is 0 Å². The number of hydrogen-bond donors (Lipinski definition) is 1. The average Bonchev–Trinajstić information content (AvgIpc) is 2.56. The van der Waals surface area contributed by atoms with Gasteiger partial charge in [0.1, 0.15) is 0 Å². The van der Waals surface area contributed by atoms with Crippen molar-refractivity contribution in [2.24, 2.45) is 0 Å². The lowest BCUT2D eigenvalue weighted by molar-refractivity contribution is 0.354. The molecule has 0 aromatic heterocycles. The Balaban J connectivity index is 1.97. The lowest BCUT2D eigenvalue weighted by Crippen LogP contribution is -2.18. The second-order valence-corrected chi connectivity index (χ2v) is 5.27. The van der Waals surface area contributed by atoms with Crippen LogP contribution in [0, 0.1) is 0 Å². The first kappa shape index (κ1) is 16.0. The van der Waals surface area contributed by atoms with E-state index < -0.39 is 0 Å². The van der Waals surface area contributed by atoms with Gasteiger partial charge in [-0.1, -0.05) is 18.2 Å². The largest absolute Gasteiger partial charge is 0.493 e. The van der Waals surface area contributed by atoms with Crippen LogP contribution in [-0.2, 0) is 6.42 Å². The number of para-hydroxylation sites is 1. The predicted molar refractivity (Wildman–Crippen MR) is 92.0 cm³/mol. The molecule has 0 aliphatic heterocycles. The smallest absolute Gasteiger partial charge is 0.162 e. The highest BCUT2D eigenvalue weighted by Crippen LogP contribution is 2.32. The van der Waals surface area contributed by atoms with Crippen LogP contribution in [0.4, 0.5) is 11.4 Å². The number of methoxy groups -OCH3 is 2. The second-order valence-electron chi connectivity index (χ2n) is 5.27. The van der Waals surface area contributed by atoms with E-state index in [-0.39, 0.29) is 0 Å². The summed E-state index contributed by atoms with van der Waals surface area (Å²) in [6, 6.07) is 14.2. The summed E-state index contributed by atoms with van der Waals surface area (Å²) in [5.74, 6) is 1.40. The maximum absolute atomic E-state index is 6.10. The molecule has 118 valence electrons. The summed E-state index contributed by atoms with van der Waals surface area (Å²) in [4.78, 5) is 2.25. The van der Waals surface area contributed by atoms with Crippen molar-refractivity contribution < 1.29 is 9.47 Å².